The van der Waals surface area contributed by atoms with Gasteiger partial charge in [-0.3, -0.25) is 4.79 Å². The van der Waals surface area contributed by atoms with Gasteiger partial charge in [-0.1, -0.05) is 13.8 Å². The molecule has 0 aromatic carbocycles. The van der Waals surface area contributed by atoms with Gasteiger partial charge in [-0.15, -0.1) is 0 Å². The van der Waals surface area contributed by atoms with E-state index in [0.29, 0.717) is 18.8 Å². The molecule has 4 heteroatoms. The average Bonchev–Trinajstić information content (AvgIpc) is 2.15. The van der Waals surface area contributed by atoms with E-state index in [1.54, 1.807) is 6.20 Å². The zero-order chi connectivity index (χ0) is 10.6. The van der Waals surface area contributed by atoms with Crippen molar-refractivity contribution in [3.8, 4) is 0 Å². The van der Waals surface area contributed by atoms with E-state index in [1.807, 2.05) is 19.9 Å². The van der Waals surface area contributed by atoms with Gasteiger partial charge in [0.25, 0.3) is 0 Å². The highest BCUT2D eigenvalue weighted by Crippen LogP contribution is 2.08. The van der Waals surface area contributed by atoms with E-state index in [4.69, 9.17) is 5.73 Å². The Kier molecular flexibility index (Phi) is 3.56. The lowest BCUT2D eigenvalue weighted by atomic mass is 10.2. The molecule has 0 aliphatic rings. The van der Waals surface area contributed by atoms with Gasteiger partial charge in [0.05, 0.1) is 0 Å². The molecule has 1 heterocycles. The van der Waals surface area contributed by atoms with Crippen LogP contribution in [-0.4, -0.2) is 15.9 Å². The Morgan fingerprint density at radius 1 is 1.57 bits per heavy atom. The lowest BCUT2D eigenvalue weighted by Gasteiger charge is -2.04. The molecule has 0 spiro atoms. The molecule has 0 aliphatic heterocycles. The molecule has 1 aromatic rings. The lowest BCUT2D eigenvalue weighted by Crippen LogP contribution is -2.12. The SMILES string of the molecule is CC(C)c1nccc(CCC(N)=O)n1. The molecule has 0 saturated carbocycles. The third-order valence-corrected chi connectivity index (χ3v) is 1.88. The fourth-order valence-electron chi connectivity index (χ4n) is 1.08. The van der Waals surface area contributed by atoms with Crippen LogP contribution in [0, 0.1) is 0 Å². The number of carbonyl (C=O) groups is 1. The molecule has 76 valence electrons. The minimum absolute atomic E-state index is 0.297. The molecule has 0 unspecified atom stereocenters. The molecule has 1 amide bonds. The van der Waals surface area contributed by atoms with Crippen LogP contribution >= 0.6 is 0 Å². The Balaban J connectivity index is 2.68. The summed E-state index contributed by atoms with van der Waals surface area (Å²) in [4.78, 5) is 19.0. The standard InChI is InChI=1S/C10H15N3O/c1-7(2)10-12-6-5-8(13-10)3-4-9(11)14/h5-7H,3-4H2,1-2H3,(H2,11,14). The molecular weight excluding hydrogens is 178 g/mol. The smallest absolute Gasteiger partial charge is 0.217 e. The Morgan fingerprint density at radius 2 is 2.29 bits per heavy atom. The van der Waals surface area contributed by atoms with Crippen molar-refractivity contribution in [2.24, 2.45) is 5.73 Å². The van der Waals surface area contributed by atoms with Crippen LogP contribution in [0.2, 0.25) is 0 Å². The Morgan fingerprint density at radius 3 is 2.86 bits per heavy atom. The second-order valence-electron chi connectivity index (χ2n) is 3.53. The molecule has 0 radical (unpaired) electrons. The second-order valence-corrected chi connectivity index (χ2v) is 3.53. The van der Waals surface area contributed by atoms with Crippen molar-refractivity contribution in [3.05, 3.63) is 23.8 Å². The maximum absolute atomic E-state index is 10.6. The number of nitrogens with two attached hydrogens (primary N) is 1. The van der Waals surface area contributed by atoms with Crippen LogP contribution in [0.15, 0.2) is 12.3 Å². The number of primary amides is 1. The highest BCUT2D eigenvalue weighted by atomic mass is 16.1. The van der Waals surface area contributed by atoms with E-state index in [-0.39, 0.29) is 5.91 Å². The predicted octanol–water partition coefficient (Wildman–Crippen LogP) is 1.02. The molecule has 0 atom stereocenters. The number of nitrogens with zero attached hydrogens (tertiary/aromatic N) is 2. The Bertz CT molecular complexity index is 323. The first-order valence-electron chi connectivity index (χ1n) is 4.69. The highest BCUT2D eigenvalue weighted by Gasteiger charge is 2.04. The van der Waals surface area contributed by atoms with Crippen molar-refractivity contribution in [2.75, 3.05) is 0 Å². The zero-order valence-corrected chi connectivity index (χ0v) is 8.53. The molecule has 14 heavy (non-hydrogen) atoms. The van der Waals surface area contributed by atoms with Crippen molar-refractivity contribution in [1.82, 2.24) is 9.97 Å². The Hall–Kier alpha value is -1.45. The summed E-state index contributed by atoms with van der Waals surface area (Å²) in [6.07, 6.45) is 2.66. The third-order valence-electron chi connectivity index (χ3n) is 1.88. The van der Waals surface area contributed by atoms with Gasteiger partial charge in [0.1, 0.15) is 5.82 Å². The highest BCUT2D eigenvalue weighted by molar-refractivity contribution is 5.73. The quantitative estimate of drug-likeness (QED) is 0.776. The minimum atomic E-state index is -0.297. The summed E-state index contributed by atoms with van der Waals surface area (Å²) in [5.41, 5.74) is 5.93. The molecule has 2 N–H and O–H groups in total. The maximum Gasteiger partial charge on any atom is 0.217 e. The minimum Gasteiger partial charge on any atom is -0.370 e. The van der Waals surface area contributed by atoms with Crippen LogP contribution in [0.25, 0.3) is 0 Å². The van der Waals surface area contributed by atoms with E-state index >= 15 is 0 Å². The second kappa shape index (κ2) is 4.69. The van der Waals surface area contributed by atoms with Crippen LogP contribution in [0.3, 0.4) is 0 Å². The fraction of sp³-hybridized carbons (Fsp3) is 0.500. The number of aromatic nitrogens is 2. The van der Waals surface area contributed by atoms with Crippen molar-refractivity contribution < 1.29 is 4.79 Å². The maximum atomic E-state index is 10.6. The third kappa shape index (κ3) is 3.12. The van der Waals surface area contributed by atoms with E-state index < -0.39 is 0 Å². The Labute approximate surface area is 83.6 Å². The molecule has 0 fully saturated rings. The number of amides is 1. The molecular formula is C10H15N3O. The molecule has 0 saturated heterocycles. The van der Waals surface area contributed by atoms with Crippen LogP contribution in [-0.2, 0) is 11.2 Å². The van der Waals surface area contributed by atoms with Crippen molar-refractivity contribution in [3.63, 3.8) is 0 Å². The van der Waals surface area contributed by atoms with Crippen molar-refractivity contribution >= 4 is 5.91 Å². The summed E-state index contributed by atoms with van der Waals surface area (Å²) in [5.74, 6) is 0.824. The topological polar surface area (TPSA) is 68.9 Å². The van der Waals surface area contributed by atoms with Crippen molar-refractivity contribution in [2.45, 2.75) is 32.6 Å². The number of hydrogen-bond donors (Lipinski definition) is 1. The van der Waals surface area contributed by atoms with Gasteiger partial charge in [-0.05, 0) is 12.5 Å². The number of aryl methyl sites for hydroxylation is 1. The van der Waals surface area contributed by atoms with Gasteiger partial charge >= 0.3 is 0 Å². The first-order valence-corrected chi connectivity index (χ1v) is 4.69. The van der Waals surface area contributed by atoms with E-state index in [2.05, 4.69) is 9.97 Å². The number of carbonyl (C=O) groups excluding carboxylic acids is 1. The molecule has 4 nitrogen and oxygen atoms in total. The largest absolute Gasteiger partial charge is 0.370 e. The van der Waals surface area contributed by atoms with Crippen LogP contribution in [0.1, 0.15) is 37.7 Å². The summed E-state index contributed by atoms with van der Waals surface area (Å²) in [6, 6.07) is 1.81. The van der Waals surface area contributed by atoms with Gasteiger partial charge in [0, 0.05) is 24.2 Å². The number of rotatable bonds is 4. The van der Waals surface area contributed by atoms with Gasteiger partial charge in [0.15, 0.2) is 0 Å². The molecule has 1 aromatic heterocycles. The zero-order valence-electron chi connectivity index (χ0n) is 8.53. The number of hydrogen-bond acceptors (Lipinski definition) is 3. The molecule has 0 aliphatic carbocycles. The van der Waals surface area contributed by atoms with Crippen LogP contribution in [0.5, 0.6) is 0 Å². The van der Waals surface area contributed by atoms with Crippen molar-refractivity contribution in [1.29, 1.82) is 0 Å². The monoisotopic (exact) mass is 193 g/mol. The van der Waals surface area contributed by atoms with Gasteiger partial charge in [-0.25, -0.2) is 9.97 Å². The summed E-state index contributed by atoms with van der Waals surface area (Å²) < 4.78 is 0. The van der Waals surface area contributed by atoms with Crippen LogP contribution < -0.4 is 5.73 Å². The summed E-state index contributed by atoms with van der Waals surface area (Å²) in [5, 5.41) is 0. The predicted molar refractivity (Wildman–Crippen MR) is 53.6 cm³/mol. The first-order chi connectivity index (χ1) is 6.59. The first kappa shape index (κ1) is 10.6. The van der Waals surface area contributed by atoms with Gasteiger partial charge < -0.3 is 5.73 Å². The summed E-state index contributed by atoms with van der Waals surface area (Å²) in [6.45, 7) is 4.07. The van der Waals surface area contributed by atoms with Gasteiger partial charge in [-0.2, -0.15) is 0 Å². The van der Waals surface area contributed by atoms with Gasteiger partial charge in [0.2, 0.25) is 5.91 Å². The molecule has 0 bridgehead atoms. The summed E-state index contributed by atoms with van der Waals surface area (Å²) >= 11 is 0. The van der Waals surface area contributed by atoms with E-state index in [1.165, 1.54) is 0 Å². The molecule has 1 rings (SSSR count). The normalized spacial score (nSPS) is 10.5. The van der Waals surface area contributed by atoms with E-state index in [0.717, 1.165) is 11.5 Å². The van der Waals surface area contributed by atoms with E-state index in [9.17, 15) is 4.79 Å². The van der Waals surface area contributed by atoms with Crippen LogP contribution in [0.4, 0.5) is 0 Å². The lowest BCUT2D eigenvalue weighted by molar-refractivity contribution is -0.118. The fourth-order valence-corrected chi connectivity index (χ4v) is 1.08. The summed E-state index contributed by atoms with van der Waals surface area (Å²) in [7, 11) is 0. The average molecular weight is 193 g/mol.